The number of ether oxygens (including phenoxy) is 1. The predicted molar refractivity (Wildman–Crippen MR) is 98.9 cm³/mol. The van der Waals surface area contributed by atoms with Gasteiger partial charge in [0.25, 0.3) is 5.91 Å². The van der Waals surface area contributed by atoms with E-state index in [1.807, 2.05) is 26.0 Å². The molecule has 3 rings (SSSR count). The van der Waals surface area contributed by atoms with Gasteiger partial charge in [0.15, 0.2) is 6.61 Å². The van der Waals surface area contributed by atoms with Gasteiger partial charge in [0, 0.05) is 17.5 Å². The maximum absolute atomic E-state index is 12.3. The van der Waals surface area contributed by atoms with Crippen LogP contribution < -0.4 is 5.73 Å². The van der Waals surface area contributed by atoms with E-state index in [4.69, 9.17) is 14.9 Å². The monoisotopic (exact) mass is 372 g/mol. The van der Waals surface area contributed by atoms with Gasteiger partial charge in [0.05, 0.1) is 12.7 Å². The third kappa shape index (κ3) is 4.13. The van der Waals surface area contributed by atoms with Gasteiger partial charge in [-0.2, -0.15) is 0 Å². The van der Waals surface area contributed by atoms with E-state index in [1.165, 1.54) is 4.90 Å². The summed E-state index contributed by atoms with van der Waals surface area (Å²) in [7, 11) is 0. The van der Waals surface area contributed by atoms with Gasteiger partial charge in [0.2, 0.25) is 5.91 Å². The Morgan fingerprint density at radius 3 is 2.70 bits per heavy atom. The highest BCUT2D eigenvalue weighted by atomic mass is 16.5. The number of hydrogen-bond acceptors (Lipinski definition) is 5. The maximum Gasteiger partial charge on any atom is 0.310 e. The lowest BCUT2D eigenvalue weighted by atomic mass is 10.0. The number of amides is 2. The molecule has 144 valence electrons. The number of nitrogens with two attached hydrogens (primary N) is 1. The zero-order chi connectivity index (χ0) is 19.6. The summed E-state index contributed by atoms with van der Waals surface area (Å²) in [6, 6.07) is 3.30. The minimum atomic E-state index is -0.617. The van der Waals surface area contributed by atoms with Crippen LogP contribution in [0.25, 0.3) is 11.0 Å². The lowest BCUT2D eigenvalue weighted by Gasteiger charge is -2.33. The van der Waals surface area contributed by atoms with E-state index < -0.39 is 30.4 Å². The van der Waals surface area contributed by atoms with E-state index in [1.54, 1.807) is 6.26 Å². The Bertz CT molecular complexity index is 886. The molecule has 0 radical (unpaired) electrons. The summed E-state index contributed by atoms with van der Waals surface area (Å²) in [5.74, 6) is -1.43. The number of carbonyl (C=O) groups excluding carboxylic acids is 3. The van der Waals surface area contributed by atoms with Crippen LogP contribution in [0.5, 0.6) is 0 Å². The summed E-state index contributed by atoms with van der Waals surface area (Å²) in [4.78, 5) is 37.4. The molecule has 1 aliphatic rings. The molecule has 0 unspecified atom stereocenters. The smallest absolute Gasteiger partial charge is 0.310 e. The number of furan rings is 1. The minimum Gasteiger partial charge on any atom is -0.464 e. The molecule has 0 spiro atoms. The van der Waals surface area contributed by atoms with Crippen molar-refractivity contribution in [1.82, 2.24) is 4.90 Å². The fourth-order valence-corrected chi connectivity index (χ4v) is 3.43. The number of nitrogens with zero attached hydrogens (tertiary/aromatic N) is 1. The van der Waals surface area contributed by atoms with Crippen molar-refractivity contribution in [3.8, 4) is 0 Å². The topological polar surface area (TPSA) is 103 Å². The van der Waals surface area contributed by atoms with Crippen molar-refractivity contribution < 1.29 is 23.5 Å². The average Bonchev–Trinajstić information content (AvgIpc) is 3.01. The van der Waals surface area contributed by atoms with Crippen LogP contribution in [-0.4, -0.2) is 41.9 Å². The standard InChI is InChI=1S/C20H24N2O5/c1-12-7-15-14(10-26-17(15)8-13(12)2)9-19(24)27-11-18(23)22-6-4-3-5-16(22)20(21)25/h7-8,10,16H,3-6,9,11H2,1-2H3,(H2,21,25)/t16-/m1/s1. The molecule has 7 heteroatoms. The van der Waals surface area contributed by atoms with Crippen molar-refractivity contribution in [1.29, 1.82) is 0 Å². The zero-order valence-corrected chi connectivity index (χ0v) is 15.6. The van der Waals surface area contributed by atoms with Gasteiger partial charge < -0.3 is 19.8 Å². The number of hydrogen-bond donors (Lipinski definition) is 1. The summed E-state index contributed by atoms with van der Waals surface area (Å²) in [6.45, 7) is 4.05. The number of primary amides is 1. The van der Waals surface area contributed by atoms with E-state index in [9.17, 15) is 14.4 Å². The molecule has 1 fully saturated rings. The van der Waals surface area contributed by atoms with Crippen molar-refractivity contribution in [3.63, 3.8) is 0 Å². The summed E-state index contributed by atoms with van der Waals surface area (Å²) < 4.78 is 10.7. The molecule has 2 aromatic rings. The normalized spacial score (nSPS) is 17.1. The van der Waals surface area contributed by atoms with Gasteiger partial charge in [-0.05, 0) is 56.4 Å². The average molecular weight is 372 g/mol. The number of likely N-dealkylation sites (tertiary alicyclic amines) is 1. The van der Waals surface area contributed by atoms with Crippen molar-refractivity contribution in [2.75, 3.05) is 13.2 Å². The van der Waals surface area contributed by atoms with Gasteiger partial charge in [-0.1, -0.05) is 0 Å². The van der Waals surface area contributed by atoms with Gasteiger partial charge in [-0.3, -0.25) is 14.4 Å². The highest BCUT2D eigenvalue weighted by Gasteiger charge is 2.31. The predicted octanol–water partition coefficient (Wildman–Crippen LogP) is 2.00. The maximum atomic E-state index is 12.3. The number of aryl methyl sites for hydroxylation is 2. The van der Waals surface area contributed by atoms with Crippen molar-refractivity contribution in [2.45, 2.75) is 45.6 Å². The number of fused-ring (bicyclic) bond motifs is 1. The lowest BCUT2D eigenvalue weighted by molar-refractivity contribution is -0.154. The SMILES string of the molecule is Cc1cc2occ(CC(=O)OCC(=O)N3CCCC[C@@H]3C(N)=O)c2cc1C. The Morgan fingerprint density at radius 2 is 1.96 bits per heavy atom. The Balaban J connectivity index is 1.60. The number of piperidine rings is 1. The Labute approximate surface area is 157 Å². The molecule has 2 amide bonds. The van der Waals surface area contributed by atoms with Crippen LogP contribution in [0, 0.1) is 13.8 Å². The highest BCUT2D eigenvalue weighted by Crippen LogP contribution is 2.25. The largest absolute Gasteiger partial charge is 0.464 e. The Morgan fingerprint density at radius 1 is 1.22 bits per heavy atom. The number of esters is 1. The molecule has 2 heterocycles. The quantitative estimate of drug-likeness (QED) is 0.809. The molecule has 7 nitrogen and oxygen atoms in total. The molecule has 1 aromatic heterocycles. The fourth-order valence-electron chi connectivity index (χ4n) is 3.43. The Kier molecular flexibility index (Phi) is 5.48. The first kappa shape index (κ1) is 18.9. The summed E-state index contributed by atoms with van der Waals surface area (Å²) >= 11 is 0. The van der Waals surface area contributed by atoms with Gasteiger partial charge in [-0.25, -0.2) is 0 Å². The summed E-state index contributed by atoms with van der Waals surface area (Å²) in [5, 5.41) is 0.867. The third-order valence-electron chi connectivity index (χ3n) is 5.11. The molecule has 1 saturated heterocycles. The van der Waals surface area contributed by atoms with Gasteiger partial charge in [0.1, 0.15) is 11.6 Å². The van der Waals surface area contributed by atoms with Crippen LogP contribution in [0.3, 0.4) is 0 Å². The molecular formula is C20H24N2O5. The zero-order valence-electron chi connectivity index (χ0n) is 15.6. The van der Waals surface area contributed by atoms with E-state index in [0.717, 1.165) is 40.5 Å². The molecule has 0 aliphatic carbocycles. The first-order valence-electron chi connectivity index (χ1n) is 9.08. The second-order valence-electron chi connectivity index (χ2n) is 7.03. The fraction of sp³-hybridized carbons (Fsp3) is 0.450. The number of benzene rings is 1. The number of carbonyl (C=O) groups is 3. The van der Waals surface area contributed by atoms with E-state index in [0.29, 0.717) is 13.0 Å². The molecule has 1 aromatic carbocycles. The van der Waals surface area contributed by atoms with Crippen LogP contribution >= 0.6 is 0 Å². The van der Waals surface area contributed by atoms with Crippen molar-refractivity contribution in [2.24, 2.45) is 5.73 Å². The molecule has 0 saturated carbocycles. The van der Waals surface area contributed by atoms with Crippen LogP contribution in [0.4, 0.5) is 0 Å². The summed E-state index contributed by atoms with van der Waals surface area (Å²) in [6.07, 6.45) is 3.77. The molecule has 1 atom stereocenters. The van der Waals surface area contributed by atoms with E-state index >= 15 is 0 Å². The van der Waals surface area contributed by atoms with Crippen molar-refractivity contribution in [3.05, 3.63) is 35.1 Å². The second kappa shape index (κ2) is 7.82. The minimum absolute atomic E-state index is 0.0159. The van der Waals surface area contributed by atoms with Crippen LogP contribution in [0.2, 0.25) is 0 Å². The van der Waals surface area contributed by atoms with Crippen LogP contribution in [0.15, 0.2) is 22.8 Å². The van der Waals surface area contributed by atoms with E-state index in [-0.39, 0.29) is 6.42 Å². The molecular weight excluding hydrogens is 348 g/mol. The summed E-state index contributed by atoms with van der Waals surface area (Å²) in [5.41, 5.74) is 9.03. The van der Waals surface area contributed by atoms with Gasteiger partial charge >= 0.3 is 5.97 Å². The molecule has 1 aliphatic heterocycles. The molecule has 0 bridgehead atoms. The first-order chi connectivity index (χ1) is 12.9. The van der Waals surface area contributed by atoms with Crippen LogP contribution in [-0.2, 0) is 25.5 Å². The van der Waals surface area contributed by atoms with Crippen LogP contribution in [0.1, 0.15) is 36.0 Å². The molecule has 27 heavy (non-hydrogen) atoms. The third-order valence-corrected chi connectivity index (χ3v) is 5.11. The number of rotatable bonds is 5. The van der Waals surface area contributed by atoms with Gasteiger partial charge in [-0.15, -0.1) is 0 Å². The van der Waals surface area contributed by atoms with Crippen molar-refractivity contribution >= 4 is 28.8 Å². The first-order valence-corrected chi connectivity index (χ1v) is 9.08. The second-order valence-corrected chi connectivity index (χ2v) is 7.03. The Hall–Kier alpha value is -2.83. The lowest BCUT2D eigenvalue weighted by Crippen LogP contribution is -2.51. The highest BCUT2D eigenvalue weighted by molar-refractivity contribution is 5.89. The van der Waals surface area contributed by atoms with E-state index in [2.05, 4.69) is 0 Å². The molecule has 2 N–H and O–H groups in total.